The molecule has 0 aliphatic carbocycles. The fourth-order valence-corrected chi connectivity index (χ4v) is 1.11. The highest BCUT2D eigenvalue weighted by Crippen LogP contribution is 2.15. The molecule has 0 saturated heterocycles. The van der Waals surface area contributed by atoms with Gasteiger partial charge in [-0.05, 0) is 38.1 Å². The molecule has 1 aromatic carbocycles. The molecule has 1 atom stereocenters. The molecule has 0 radical (unpaired) electrons. The van der Waals surface area contributed by atoms with Gasteiger partial charge in [-0.3, -0.25) is 0 Å². The summed E-state index contributed by atoms with van der Waals surface area (Å²) in [6, 6.07) is 8.06. The summed E-state index contributed by atoms with van der Waals surface area (Å²) >= 11 is 0. The van der Waals surface area contributed by atoms with Gasteiger partial charge in [-0.1, -0.05) is 0 Å². The molecule has 0 aliphatic heterocycles. The van der Waals surface area contributed by atoms with E-state index in [1.807, 2.05) is 38.1 Å². The summed E-state index contributed by atoms with van der Waals surface area (Å²) in [5.41, 5.74) is 6.71. The van der Waals surface area contributed by atoms with Crippen LogP contribution in [-0.2, 0) is 0 Å². The first-order valence-electron chi connectivity index (χ1n) is 4.94. The van der Waals surface area contributed by atoms with Gasteiger partial charge in [0.1, 0.15) is 5.75 Å². The molecule has 3 N–H and O–H groups in total. The Balaban J connectivity index is 2.46. The minimum absolute atomic E-state index is 0.168. The molecule has 1 aromatic rings. The second kappa shape index (κ2) is 5.50. The summed E-state index contributed by atoms with van der Waals surface area (Å²) < 4.78 is 5.33. The second-order valence-electron chi connectivity index (χ2n) is 3.32. The second-order valence-corrected chi connectivity index (χ2v) is 3.32. The van der Waals surface area contributed by atoms with Crippen LogP contribution in [-0.4, -0.2) is 19.2 Å². The third-order valence-corrected chi connectivity index (χ3v) is 1.79. The highest BCUT2D eigenvalue weighted by atomic mass is 16.5. The summed E-state index contributed by atoms with van der Waals surface area (Å²) in [6.07, 6.45) is 0. The Hall–Kier alpha value is -1.22. The average Bonchev–Trinajstić information content (AvgIpc) is 2.17. The molecule has 3 nitrogen and oxygen atoms in total. The zero-order valence-electron chi connectivity index (χ0n) is 8.79. The molecule has 0 saturated carbocycles. The van der Waals surface area contributed by atoms with E-state index in [4.69, 9.17) is 10.5 Å². The van der Waals surface area contributed by atoms with E-state index in [0.29, 0.717) is 6.61 Å². The Morgan fingerprint density at radius 3 is 2.50 bits per heavy atom. The maximum absolute atomic E-state index is 5.63. The monoisotopic (exact) mass is 194 g/mol. The highest BCUT2D eigenvalue weighted by Gasteiger charge is 1.95. The summed E-state index contributed by atoms with van der Waals surface area (Å²) in [5, 5.41) is 3.23. The topological polar surface area (TPSA) is 47.3 Å². The number of nitrogens with one attached hydrogen (secondary N) is 1. The molecular formula is C11H18N2O. The number of rotatable bonds is 5. The minimum atomic E-state index is 0.168. The van der Waals surface area contributed by atoms with Crippen LogP contribution in [0.3, 0.4) is 0 Å². The number of ether oxygens (including phenoxy) is 1. The van der Waals surface area contributed by atoms with Gasteiger partial charge in [0.25, 0.3) is 0 Å². The summed E-state index contributed by atoms with van der Waals surface area (Å²) in [7, 11) is 0. The van der Waals surface area contributed by atoms with Crippen molar-refractivity contribution < 1.29 is 4.74 Å². The minimum Gasteiger partial charge on any atom is -0.494 e. The number of nitrogens with two attached hydrogens (primary N) is 1. The standard InChI is InChI=1S/C11H18N2O/c1-3-14-11-6-4-10(5-7-11)13-8-9(2)12/h4-7,9,13H,3,8,12H2,1-2H3. The van der Waals surface area contributed by atoms with Crippen molar-refractivity contribution >= 4 is 5.69 Å². The van der Waals surface area contributed by atoms with Crippen LogP contribution in [0.1, 0.15) is 13.8 Å². The van der Waals surface area contributed by atoms with Crippen molar-refractivity contribution in [2.24, 2.45) is 5.73 Å². The van der Waals surface area contributed by atoms with E-state index >= 15 is 0 Å². The van der Waals surface area contributed by atoms with E-state index in [1.165, 1.54) is 0 Å². The van der Waals surface area contributed by atoms with Crippen LogP contribution < -0.4 is 15.8 Å². The zero-order chi connectivity index (χ0) is 10.4. The van der Waals surface area contributed by atoms with Gasteiger partial charge in [-0.2, -0.15) is 0 Å². The first kappa shape index (κ1) is 10.9. The molecule has 78 valence electrons. The normalized spacial score (nSPS) is 12.2. The third-order valence-electron chi connectivity index (χ3n) is 1.79. The van der Waals surface area contributed by atoms with Crippen molar-refractivity contribution in [1.82, 2.24) is 0 Å². The van der Waals surface area contributed by atoms with E-state index in [2.05, 4.69) is 5.32 Å². The van der Waals surface area contributed by atoms with Crippen molar-refractivity contribution in [3.05, 3.63) is 24.3 Å². The van der Waals surface area contributed by atoms with Gasteiger partial charge in [0, 0.05) is 18.3 Å². The van der Waals surface area contributed by atoms with Crippen molar-refractivity contribution in [3.8, 4) is 5.75 Å². The lowest BCUT2D eigenvalue weighted by Gasteiger charge is -2.09. The molecule has 0 fully saturated rings. The number of hydrogen-bond donors (Lipinski definition) is 2. The summed E-state index contributed by atoms with van der Waals surface area (Å²) in [6.45, 7) is 5.43. The van der Waals surface area contributed by atoms with Crippen molar-refractivity contribution in [3.63, 3.8) is 0 Å². The molecule has 1 unspecified atom stereocenters. The Kier molecular flexibility index (Phi) is 4.26. The molecule has 3 heteroatoms. The molecule has 0 bridgehead atoms. The van der Waals surface area contributed by atoms with Crippen LogP contribution in [0.4, 0.5) is 5.69 Å². The van der Waals surface area contributed by atoms with Gasteiger partial charge in [0.15, 0.2) is 0 Å². The van der Waals surface area contributed by atoms with E-state index in [9.17, 15) is 0 Å². The van der Waals surface area contributed by atoms with Crippen LogP contribution in [0.2, 0.25) is 0 Å². The van der Waals surface area contributed by atoms with Crippen molar-refractivity contribution in [2.75, 3.05) is 18.5 Å². The molecule has 14 heavy (non-hydrogen) atoms. The average molecular weight is 194 g/mol. The lowest BCUT2D eigenvalue weighted by molar-refractivity contribution is 0.340. The predicted octanol–water partition coefficient (Wildman–Crippen LogP) is 1.84. The van der Waals surface area contributed by atoms with Crippen LogP contribution in [0.5, 0.6) is 5.75 Å². The van der Waals surface area contributed by atoms with E-state index in [1.54, 1.807) is 0 Å². The maximum atomic E-state index is 5.63. The fourth-order valence-electron chi connectivity index (χ4n) is 1.11. The van der Waals surface area contributed by atoms with Crippen molar-refractivity contribution in [2.45, 2.75) is 19.9 Å². The highest BCUT2D eigenvalue weighted by molar-refractivity contribution is 5.46. The van der Waals surface area contributed by atoms with Gasteiger partial charge in [0.2, 0.25) is 0 Å². The molecular weight excluding hydrogens is 176 g/mol. The van der Waals surface area contributed by atoms with Gasteiger partial charge in [0.05, 0.1) is 6.61 Å². The van der Waals surface area contributed by atoms with Crippen molar-refractivity contribution in [1.29, 1.82) is 0 Å². The third kappa shape index (κ3) is 3.66. The van der Waals surface area contributed by atoms with E-state index in [-0.39, 0.29) is 6.04 Å². The Labute approximate surface area is 85.3 Å². The largest absolute Gasteiger partial charge is 0.494 e. The molecule has 0 aliphatic rings. The van der Waals surface area contributed by atoms with Gasteiger partial charge < -0.3 is 15.8 Å². The number of anilines is 1. The summed E-state index contributed by atoms with van der Waals surface area (Å²) in [5.74, 6) is 0.902. The molecule has 0 spiro atoms. The first-order chi connectivity index (χ1) is 6.72. The van der Waals surface area contributed by atoms with Crippen LogP contribution in [0, 0.1) is 0 Å². The smallest absolute Gasteiger partial charge is 0.119 e. The fraction of sp³-hybridized carbons (Fsp3) is 0.455. The molecule has 1 rings (SSSR count). The Morgan fingerprint density at radius 2 is 2.00 bits per heavy atom. The molecule has 0 aromatic heterocycles. The predicted molar refractivity (Wildman–Crippen MR) is 59.8 cm³/mol. The molecule has 0 amide bonds. The van der Waals surface area contributed by atoms with E-state index < -0.39 is 0 Å². The number of hydrogen-bond acceptors (Lipinski definition) is 3. The van der Waals surface area contributed by atoms with Crippen LogP contribution >= 0.6 is 0 Å². The first-order valence-corrected chi connectivity index (χ1v) is 4.94. The Bertz CT molecular complexity index is 256. The van der Waals surface area contributed by atoms with Gasteiger partial charge in [-0.25, -0.2) is 0 Å². The maximum Gasteiger partial charge on any atom is 0.119 e. The molecule has 0 heterocycles. The van der Waals surface area contributed by atoms with E-state index in [0.717, 1.165) is 18.0 Å². The zero-order valence-corrected chi connectivity index (χ0v) is 8.79. The number of benzene rings is 1. The quantitative estimate of drug-likeness (QED) is 0.752. The lowest BCUT2D eigenvalue weighted by Crippen LogP contribution is -2.25. The van der Waals surface area contributed by atoms with Crippen LogP contribution in [0.25, 0.3) is 0 Å². The SMILES string of the molecule is CCOc1ccc(NCC(C)N)cc1. The van der Waals surface area contributed by atoms with Gasteiger partial charge in [-0.15, -0.1) is 0 Å². The van der Waals surface area contributed by atoms with Crippen LogP contribution in [0.15, 0.2) is 24.3 Å². The Morgan fingerprint density at radius 1 is 1.36 bits per heavy atom. The lowest BCUT2D eigenvalue weighted by atomic mass is 10.3. The van der Waals surface area contributed by atoms with Gasteiger partial charge >= 0.3 is 0 Å². The summed E-state index contributed by atoms with van der Waals surface area (Å²) in [4.78, 5) is 0.